The lowest BCUT2D eigenvalue weighted by molar-refractivity contribution is -0.275. The largest absolute Gasteiger partial charge is 0.573 e. The van der Waals surface area contributed by atoms with E-state index in [0.29, 0.717) is 45.4 Å². The molecule has 0 heterocycles. The van der Waals surface area contributed by atoms with Crippen molar-refractivity contribution in [3.63, 3.8) is 0 Å². The number of halogens is 6. The van der Waals surface area contributed by atoms with Crippen LogP contribution in [0.15, 0.2) is 66.7 Å². The molecule has 0 bridgehead atoms. The molecule has 0 aliphatic heterocycles. The fraction of sp³-hybridized carbons (Fsp3) is 0.267. The monoisotopic (exact) mass is 532 g/mol. The van der Waals surface area contributed by atoms with Crippen LogP contribution in [0.25, 0.3) is 21.9 Å². The first kappa shape index (κ1) is 27.4. The first-order valence-electron chi connectivity index (χ1n) is 12.3. The lowest BCUT2D eigenvalue weighted by atomic mass is 9.97. The molecule has 0 unspecified atom stereocenters. The van der Waals surface area contributed by atoms with Crippen LogP contribution in [0.3, 0.4) is 0 Å². The molecule has 0 saturated heterocycles. The molecule has 200 valence electrons. The van der Waals surface area contributed by atoms with E-state index in [1.54, 1.807) is 42.5 Å². The van der Waals surface area contributed by atoms with Gasteiger partial charge in [0.25, 0.3) is 0 Å². The molecule has 4 aromatic carbocycles. The predicted octanol–water partition coefficient (Wildman–Crippen LogP) is 9.18. The summed E-state index contributed by atoms with van der Waals surface area (Å²) < 4.78 is 90.2. The number of hydrogen-bond acceptors (Lipinski definition) is 2. The average molecular weight is 533 g/mol. The summed E-state index contributed by atoms with van der Waals surface area (Å²) in [6.07, 6.45) is -1.56. The van der Waals surface area contributed by atoms with E-state index in [9.17, 15) is 22.0 Å². The van der Waals surface area contributed by atoms with Gasteiger partial charge >= 0.3 is 6.36 Å². The minimum atomic E-state index is -4.99. The zero-order valence-electron chi connectivity index (χ0n) is 20.7. The van der Waals surface area contributed by atoms with Crippen molar-refractivity contribution in [1.82, 2.24) is 0 Å². The van der Waals surface area contributed by atoms with Gasteiger partial charge in [0.05, 0.1) is 6.61 Å². The van der Waals surface area contributed by atoms with Gasteiger partial charge in [-0.2, -0.15) is 0 Å². The summed E-state index contributed by atoms with van der Waals surface area (Å²) in [7, 11) is 0. The zero-order valence-corrected chi connectivity index (χ0v) is 20.7. The van der Waals surface area contributed by atoms with Crippen molar-refractivity contribution in [2.75, 3.05) is 6.61 Å². The van der Waals surface area contributed by atoms with Gasteiger partial charge in [-0.1, -0.05) is 50.1 Å². The summed E-state index contributed by atoms with van der Waals surface area (Å²) in [4.78, 5) is 0. The number of rotatable bonds is 10. The minimum absolute atomic E-state index is 0.205. The number of hydrogen-bond donors (Lipinski definition) is 0. The van der Waals surface area contributed by atoms with E-state index in [-0.39, 0.29) is 12.8 Å². The molecular formula is C30H26F6O2. The molecule has 0 spiro atoms. The molecule has 0 saturated carbocycles. The lowest BCUT2D eigenvalue weighted by Gasteiger charge is -2.12. The van der Waals surface area contributed by atoms with Crippen LogP contribution in [-0.2, 0) is 12.8 Å². The normalized spacial score (nSPS) is 11.7. The van der Waals surface area contributed by atoms with Crippen LogP contribution in [0.2, 0.25) is 0 Å². The van der Waals surface area contributed by atoms with Crippen LogP contribution in [-0.4, -0.2) is 13.0 Å². The van der Waals surface area contributed by atoms with Crippen LogP contribution in [0.1, 0.15) is 37.3 Å². The molecular weight excluding hydrogens is 506 g/mol. The summed E-state index contributed by atoms with van der Waals surface area (Å²) in [5.74, 6) is -2.49. The first-order valence-corrected chi connectivity index (χ1v) is 12.3. The average Bonchev–Trinajstić information content (AvgIpc) is 2.87. The Morgan fingerprint density at radius 1 is 0.763 bits per heavy atom. The van der Waals surface area contributed by atoms with Crippen molar-refractivity contribution in [2.45, 2.75) is 45.4 Å². The van der Waals surface area contributed by atoms with E-state index in [1.807, 2.05) is 0 Å². The Labute approximate surface area is 216 Å². The van der Waals surface area contributed by atoms with Gasteiger partial charge < -0.3 is 9.47 Å². The van der Waals surface area contributed by atoms with Crippen molar-refractivity contribution < 1.29 is 35.8 Å². The van der Waals surface area contributed by atoms with Gasteiger partial charge in [0.2, 0.25) is 0 Å². The van der Waals surface area contributed by atoms with Crippen LogP contribution in [0, 0.1) is 17.5 Å². The molecule has 0 radical (unpaired) electrons. The van der Waals surface area contributed by atoms with Gasteiger partial charge in [0.15, 0.2) is 11.6 Å². The molecule has 8 heteroatoms. The molecule has 2 nitrogen and oxygen atoms in total. The quantitative estimate of drug-likeness (QED) is 0.150. The highest BCUT2D eigenvalue weighted by atomic mass is 19.4. The maximum atomic E-state index is 15.2. The number of alkyl halides is 3. The summed E-state index contributed by atoms with van der Waals surface area (Å²) in [5.41, 5.74) is 1.74. The Morgan fingerprint density at radius 2 is 1.58 bits per heavy atom. The Hall–Kier alpha value is -3.68. The third-order valence-electron chi connectivity index (χ3n) is 6.21. The first-order chi connectivity index (χ1) is 18.1. The van der Waals surface area contributed by atoms with E-state index in [4.69, 9.17) is 4.74 Å². The molecule has 38 heavy (non-hydrogen) atoms. The van der Waals surface area contributed by atoms with Crippen molar-refractivity contribution in [2.24, 2.45) is 0 Å². The van der Waals surface area contributed by atoms with Gasteiger partial charge in [-0.25, -0.2) is 13.2 Å². The molecule has 0 fully saturated rings. The van der Waals surface area contributed by atoms with Gasteiger partial charge in [-0.15, -0.1) is 13.2 Å². The highest BCUT2D eigenvalue weighted by Gasteiger charge is 2.32. The van der Waals surface area contributed by atoms with E-state index >= 15 is 4.39 Å². The number of unbranched alkanes of at least 4 members (excludes halogenated alkanes) is 2. The van der Waals surface area contributed by atoms with E-state index in [1.165, 1.54) is 12.1 Å². The van der Waals surface area contributed by atoms with Crippen LogP contribution in [0.4, 0.5) is 26.3 Å². The Kier molecular flexibility index (Phi) is 8.49. The Balaban J connectivity index is 1.47. The topological polar surface area (TPSA) is 18.5 Å². The van der Waals surface area contributed by atoms with E-state index in [2.05, 4.69) is 11.7 Å². The summed E-state index contributed by atoms with van der Waals surface area (Å²) >= 11 is 0. The second-order valence-corrected chi connectivity index (χ2v) is 8.98. The highest BCUT2D eigenvalue weighted by Crippen LogP contribution is 2.31. The fourth-order valence-corrected chi connectivity index (χ4v) is 4.25. The third kappa shape index (κ3) is 6.79. The molecule has 0 N–H and O–H groups in total. The van der Waals surface area contributed by atoms with Gasteiger partial charge in [-0.05, 0) is 71.7 Å². The number of ether oxygens (including phenoxy) is 2. The number of benzene rings is 4. The summed E-state index contributed by atoms with van der Waals surface area (Å²) in [6, 6.07) is 16.1. The number of fused-ring (bicyclic) bond motifs is 1. The standard InChI is InChI=1S/C30H26F6O2/c1-2-3-4-15-37-23-11-13-24(26(31)18-23)21-10-12-25-22(17-21)9-8-20(29(25)33)7-5-19-6-14-28(27(32)16-19)38-30(34,35)36/h6,8-14,16-18H,2-5,7,15H2,1H3. The summed E-state index contributed by atoms with van der Waals surface area (Å²) in [5, 5.41) is 0.936. The number of aryl methyl sites for hydroxylation is 2. The fourth-order valence-electron chi connectivity index (χ4n) is 4.25. The van der Waals surface area contributed by atoms with Gasteiger partial charge in [0, 0.05) is 17.0 Å². The molecule has 0 atom stereocenters. The van der Waals surface area contributed by atoms with Crippen LogP contribution in [0.5, 0.6) is 11.5 Å². The smallest absolute Gasteiger partial charge is 0.493 e. The maximum absolute atomic E-state index is 15.2. The molecule has 0 aromatic heterocycles. The van der Waals surface area contributed by atoms with Crippen molar-refractivity contribution >= 4 is 10.8 Å². The minimum Gasteiger partial charge on any atom is -0.493 e. The van der Waals surface area contributed by atoms with E-state index in [0.717, 1.165) is 31.4 Å². The maximum Gasteiger partial charge on any atom is 0.573 e. The predicted molar refractivity (Wildman–Crippen MR) is 135 cm³/mol. The Bertz CT molecular complexity index is 1410. The molecule has 4 aromatic rings. The zero-order chi connectivity index (χ0) is 27.3. The second-order valence-electron chi connectivity index (χ2n) is 8.98. The Morgan fingerprint density at radius 3 is 2.29 bits per heavy atom. The SMILES string of the molecule is CCCCCOc1ccc(-c2ccc3c(F)c(CCc4ccc(OC(F)(F)F)c(F)c4)ccc3c2)c(F)c1. The second kappa shape index (κ2) is 11.8. The van der Waals surface area contributed by atoms with Crippen LogP contribution < -0.4 is 9.47 Å². The molecule has 0 aliphatic rings. The molecule has 4 rings (SSSR count). The van der Waals surface area contributed by atoms with Gasteiger partial charge in [-0.3, -0.25) is 0 Å². The van der Waals surface area contributed by atoms with Crippen molar-refractivity contribution in [1.29, 1.82) is 0 Å². The van der Waals surface area contributed by atoms with Crippen LogP contribution >= 0.6 is 0 Å². The lowest BCUT2D eigenvalue weighted by Crippen LogP contribution is -2.18. The molecule has 0 aliphatic carbocycles. The molecule has 0 amide bonds. The van der Waals surface area contributed by atoms with Gasteiger partial charge in [0.1, 0.15) is 17.4 Å². The van der Waals surface area contributed by atoms with E-state index < -0.39 is 29.6 Å². The summed E-state index contributed by atoms with van der Waals surface area (Å²) in [6.45, 7) is 2.62. The third-order valence-corrected chi connectivity index (χ3v) is 6.21. The highest BCUT2D eigenvalue weighted by molar-refractivity contribution is 5.88. The van der Waals surface area contributed by atoms with Crippen molar-refractivity contribution in [3.05, 3.63) is 95.3 Å². The van der Waals surface area contributed by atoms with Crippen molar-refractivity contribution in [3.8, 4) is 22.6 Å².